The topological polar surface area (TPSA) is 42.9 Å². The zero-order valence-corrected chi connectivity index (χ0v) is 19.0. The molecule has 2 aliphatic heterocycles. The Labute approximate surface area is 178 Å². The van der Waals surface area contributed by atoms with Crippen molar-refractivity contribution in [3.63, 3.8) is 0 Å². The maximum absolute atomic E-state index is 5.14. The smallest absolute Gasteiger partial charge is 0.191 e. The summed E-state index contributed by atoms with van der Waals surface area (Å²) in [5.74, 6) is 0.943. The van der Waals surface area contributed by atoms with Gasteiger partial charge in [-0.05, 0) is 90.8 Å². The number of rotatable bonds is 6. The minimum Gasteiger partial charge on any atom is -0.357 e. The Morgan fingerprint density at radius 2 is 1.79 bits per heavy atom. The molecule has 1 aromatic carbocycles. The van der Waals surface area contributed by atoms with Gasteiger partial charge >= 0.3 is 0 Å². The molecule has 2 heterocycles. The summed E-state index contributed by atoms with van der Waals surface area (Å²) < 4.78 is 0. The fourth-order valence-corrected chi connectivity index (χ4v) is 4.88. The van der Waals surface area contributed by atoms with E-state index < -0.39 is 0 Å². The van der Waals surface area contributed by atoms with Crippen LogP contribution in [-0.4, -0.2) is 67.6 Å². The number of guanidine groups is 1. The van der Waals surface area contributed by atoms with E-state index in [4.69, 9.17) is 4.99 Å². The fraction of sp³-hybridized carbons (Fsp3) is 0.708. The summed E-state index contributed by atoms with van der Waals surface area (Å²) >= 11 is 0. The van der Waals surface area contributed by atoms with E-state index in [0.717, 1.165) is 19.0 Å². The molecule has 1 atom stereocenters. The molecule has 0 radical (unpaired) electrons. The van der Waals surface area contributed by atoms with Crippen molar-refractivity contribution in [1.29, 1.82) is 0 Å². The Morgan fingerprint density at radius 3 is 2.45 bits per heavy atom. The first-order valence-electron chi connectivity index (χ1n) is 11.6. The van der Waals surface area contributed by atoms with Crippen LogP contribution in [0.3, 0.4) is 0 Å². The van der Waals surface area contributed by atoms with Crippen molar-refractivity contribution in [3.8, 4) is 0 Å². The summed E-state index contributed by atoms with van der Waals surface area (Å²) in [6.45, 7) is 13.2. The summed E-state index contributed by atoms with van der Waals surface area (Å²) in [6, 6.07) is 8.85. The lowest BCUT2D eigenvalue weighted by Crippen LogP contribution is -2.58. The molecule has 1 unspecified atom stereocenters. The van der Waals surface area contributed by atoms with Gasteiger partial charge in [-0.3, -0.25) is 9.89 Å². The van der Waals surface area contributed by atoms with Gasteiger partial charge in [0, 0.05) is 12.1 Å². The zero-order chi connectivity index (χ0) is 20.7. The first-order valence-corrected chi connectivity index (χ1v) is 11.6. The predicted octanol–water partition coefficient (Wildman–Crippen LogP) is 3.56. The SMILES string of the molecule is CCNC(=NCC1(N2CCCCC2)CCN(C)CC1)NC(C)c1ccccc1C. The number of hydrogen-bond acceptors (Lipinski definition) is 3. The Morgan fingerprint density at radius 1 is 1.10 bits per heavy atom. The second-order valence-corrected chi connectivity index (χ2v) is 8.99. The van der Waals surface area contributed by atoms with Crippen LogP contribution in [0.4, 0.5) is 0 Å². The predicted molar refractivity (Wildman–Crippen MR) is 124 cm³/mol. The summed E-state index contributed by atoms with van der Waals surface area (Å²) in [4.78, 5) is 10.4. The molecule has 0 amide bonds. The second-order valence-electron chi connectivity index (χ2n) is 8.99. The molecule has 0 bridgehead atoms. The van der Waals surface area contributed by atoms with Crippen molar-refractivity contribution < 1.29 is 0 Å². The zero-order valence-electron chi connectivity index (χ0n) is 19.0. The number of nitrogens with zero attached hydrogens (tertiary/aromatic N) is 3. The van der Waals surface area contributed by atoms with Gasteiger partial charge in [-0.25, -0.2) is 0 Å². The van der Waals surface area contributed by atoms with E-state index in [0.29, 0.717) is 0 Å². The molecular formula is C24H41N5. The quantitative estimate of drug-likeness (QED) is 0.567. The van der Waals surface area contributed by atoms with Crippen molar-refractivity contribution >= 4 is 5.96 Å². The normalized spacial score (nSPS) is 22.3. The highest BCUT2D eigenvalue weighted by Gasteiger charge is 2.39. The van der Waals surface area contributed by atoms with Crippen LogP contribution in [0, 0.1) is 6.92 Å². The Kier molecular flexibility index (Phi) is 7.96. The highest BCUT2D eigenvalue weighted by Crippen LogP contribution is 2.31. The largest absolute Gasteiger partial charge is 0.357 e. The minimum atomic E-state index is 0.223. The Balaban J connectivity index is 1.74. The van der Waals surface area contributed by atoms with Crippen LogP contribution < -0.4 is 10.6 Å². The Hall–Kier alpha value is -1.59. The standard InChI is InChI=1S/C24H41N5/c1-5-25-23(27-21(3)22-12-8-7-11-20(22)2)26-19-24(13-17-28(4)18-14-24)29-15-9-6-10-16-29/h7-8,11-12,21H,5-6,9-10,13-19H2,1-4H3,(H2,25,26,27). The molecule has 0 aromatic heterocycles. The number of aryl methyl sites for hydroxylation is 1. The lowest BCUT2D eigenvalue weighted by Gasteiger charge is -2.49. The van der Waals surface area contributed by atoms with Crippen molar-refractivity contribution in [2.45, 2.75) is 64.5 Å². The van der Waals surface area contributed by atoms with Crippen LogP contribution in [0.1, 0.15) is 63.1 Å². The molecule has 2 saturated heterocycles. The van der Waals surface area contributed by atoms with Crippen molar-refractivity contribution in [2.24, 2.45) is 4.99 Å². The summed E-state index contributed by atoms with van der Waals surface area (Å²) in [5, 5.41) is 7.13. The molecule has 162 valence electrons. The van der Waals surface area contributed by atoms with Gasteiger partial charge in [0.1, 0.15) is 0 Å². The van der Waals surface area contributed by atoms with Crippen LogP contribution >= 0.6 is 0 Å². The van der Waals surface area contributed by atoms with E-state index in [1.54, 1.807) is 0 Å². The van der Waals surface area contributed by atoms with Crippen molar-refractivity contribution in [2.75, 3.05) is 46.3 Å². The first-order chi connectivity index (χ1) is 14.0. The third-order valence-electron chi connectivity index (χ3n) is 6.83. The molecule has 0 spiro atoms. The fourth-order valence-electron chi connectivity index (χ4n) is 4.88. The van der Waals surface area contributed by atoms with Gasteiger partial charge in [-0.15, -0.1) is 0 Å². The van der Waals surface area contributed by atoms with Crippen LogP contribution in [0.15, 0.2) is 29.3 Å². The maximum Gasteiger partial charge on any atom is 0.191 e. The number of hydrogen-bond donors (Lipinski definition) is 2. The molecule has 2 N–H and O–H groups in total. The molecule has 0 saturated carbocycles. The van der Waals surface area contributed by atoms with E-state index in [1.165, 1.54) is 69.4 Å². The monoisotopic (exact) mass is 399 g/mol. The molecule has 2 aliphatic rings. The van der Waals surface area contributed by atoms with Crippen LogP contribution in [-0.2, 0) is 0 Å². The van der Waals surface area contributed by atoms with E-state index in [9.17, 15) is 0 Å². The Bertz CT molecular complexity index is 657. The molecule has 2 fully saturated rings. The van der Waals surface area contributed by atoms with Crippen LogP contribution in [0.2, 0.25) is 0 Å². The molecular weight excluding hydrogens is 358 g/mol. The number of benzene rings is 1. The number of piperidine rings is 2. The van der Waals surface area contributed by atoms with Gasteiger partial charge in [0.2, 0.25) is 0 Å². The minimum absolute atomic E-state index is 0.223. The molecule has 3 rings (SSSR count). The first kappa shape index (κ1) is 22.1. The van der Waals surface area contributed by atoms with E-state index in [2.05, 4.69) is 72.5 Å². The number of likely N-dealkylation sites (tertiary alicyclic amines) is 2. The number of nitrogens with one attached hydrogen (secondary N) is 2. The molecule has 5 nitrogen and oxygen atoms in total. The summed E-state index contributed by atoms with van der Waals surface area (Å²) in [7, 11) is 2.25. The molecule has 1 aromatic rings. The van der Waals surface area contributed by atoms with Crippen molar-refractivity contribution in [3.05, 3.63) is 35.4 Å². The average Bonchev–Trinajstić information content (AvgIpc) is 2.74. The van der Waals surface area contributed by atoms with Gasteiger partial charge in [0.05, 0.1) is 12.6 Å². The van der Waals surface area contributed by atoms with Gasteiger partial charge in [0.15, 0.2) is 5.96 Å². The molecule has 5 heteroatoms. The highest BCUT2D eigenvalue weighted by molar-refractivity contribution is 5.80. The van der Waals surface area contributed by atoms with Crippen LogP contribution in [0.5, 0.6) is 0 Å². The summed E-state index contributed by atoms with van der Waals surface area (Å²) in [6.07, 6.45) is 6.50. The average molecular weight is 400 g/mol. The molecule has 29 heavy (non-hydrogen) atoms. The van der Waals surface area contributed by atoms with Gasteiger partial charge < -0.3 is 15.5 Å². The van der Waals surface area contributed by atoms with Gasteiger partial charge in [0.25, 0.3) is 0 Å². The summed E-state index contributed by atoms with van der Waals surface area (Å²) in [5.41, 5.74) is 2.88. The third kappa shape index (κ3) is 5.73. The van der Waals surface area contributed by atoms with Gasteiger partial charge in [-0.2, -0.15) is 0 Å². The van der Waals surface area contributed by atoms with E-state index in [1.807, 2.05) is 0 Å². The van der Waals surface area contributed by atoms with Gasteiger partial charge in [-0.1, -0.05) is 30.7 Å². The number of aliphatic imine (C=N–C) groups is 1. The van der Waals surface area contributed by atoms with Crippen LogP contribution in [0.25, 0.3) is 0 Å². The van der Waals surface area contributed by atoms with E-state index >= 15 is 0 Å². The maximum atomic E-state index is 5.14. The lowest BCUT2D eigenvalue weighted by atomic mass is 9.84. The second kappa shape index (κ2) is 10.4. The third-order valence-corrected chi connectivity index (χ3v) is 6.83. The lowest BCUT2D eigenvalue weighted by molar-refractivity contribution is 0.0208. The highest BCUT2D eigenvalue weighted by atomic mass is 15.3. The molecule has 0 aliphatic carbocycles. The van der Waals surface area contributed by atoms with Crippen molar-refractivity contribution in [1.82, 2.24) is 20.4 Å². The van der Waals surface area contributed by atoms with E-state index in [-0.39, 0.29) is 11.6 Å².